The molecule has 1 N–H and O–H groups in total. The average Bonchev–Trinajstić information content (AvgIpc) is 3.23. The van der Waals surface area contributed by atoms with Gasteiger partial charge in [0.2, 0.25) is 5.91 Å². The first-order valence-electron chi connectivity index (χ1n) is 7.67. The van der Waals surface area contributed by atoms with Gasteiger partial charge in [0.25, 0.3) is 0 Å². The summed E-state index contributed by atoms with van der Waals surface area (Å²) in [6.07, 6.45) is 0.247. The number of benzene rings is 2. The summed E-state index contributed by atoms with van der Waals surface area (Å²) in [5.74, 6) is -0.0853. The molecule has 124 valence electrons. The van der Waals surface area contributed by atoms with Crippen molar-refractivity contribution in [3.8, 4) is 10.6 Å². The summed E-state index contributed by atoms with van der Waals surface area (Å²) in [6.45, 7) is 0. The van der Waals surface area contributed by atoms with Crippen LogP contribution >= 0.6 is 34.3 Å². The zero-order valence-corrected chi connectivity index (χ0v) is 15.4. The number of fused-ring (bicyclic) bond motifs is 1. The van der Waals surface area contributed by atoms with Gasteiger partial charge in [-0.1, -0.05) is 41.9 Å². The predicted molar refractivity (Wildman–Crippen MR) is 107 cm³/mol. The van der Waals surface area contributed by atoms with Crippen LogP contribution in [0.4, 0.5) is 5.00 Å². The molecule has 2 aromatic heterocycles. The second-order valence-corrected chi connectivity index (χ2v) is 7.82. The van der Waals surface area contributed by atoms with E-state index in [1.54, 1.807) is 17.4 Å². The van der Waals surface area contributed by atoms with Gasteiger partial charge < -0.3 is 5.32 Å². The van der Waals surface area contributed by atoms with E-state index in [0.29, 0.717) is 5.02 Å². The van der Waals surface area contributed by atoms with E-state index in [0.717, 1.165) is 31.4 Å². The lowest BCUT2D eigenvalue weighted by Crippen LogP contribution is -2.14. The summed E-state index contributed by atoms with van der Waals surface area (Å²) >= 11 is 9.26. The molecule has 0 fully saturated rings. The highest BCUT2D eigenvalue weighted by atomic mass is 35.5. The molecule has 0 spiro atoms. The average molecular weight is 385 g/mol. The molecule has 0 saturated carbocycles. The normalized spacial score (nSPS) is 10.9. The van der Waals surface area contributed by atoms with Gasteiger partial charge in [0.05, 0.1) is 16.6 Å². The highest BCUT2D eigenvalue weighted by Crippen LogP contribution is 2.37. The van der Waals surface area contributed by atoms with Crippen LogP contribution in [0.25, 0.3) is 20.8 Å². The van der Waals surface area contributed by atoms with E-state index >= 15 is 0 Å². The molecule has 3 nitrogen and oxygen atoms in total. The fraction of sp³-hybridized carbons (Fsp3) is 0.0526. The molecular weight excluding hydrogens is 372 g/mol. The fourth-order valence-electron chi connectivity index (χ4n) is 2.55. The molecule has 0 aliphatic rings. The molecule has 0 aliphatic heterocycles. The van der Waals surface area contributed by atoms with Crippen LogP contribution in [0, 0.1) is 0 Å². The Morgan fingerprint density at radius 3 is 2.72 bits per heavy atom. The van der Waals surface area contributed by atoms with E-state index in [4.69, 9.17) is 11.6 Å². The first-order valence-corrected chi connectivity index (χ1v) is 9.75. The Hall–Kier alpha value is -2.21. The van der Waals surface area contributed by atoms with E-state index in [1.165, 1.54) is 11.3 Å². The van der Waals surface area contributed by atoms with Gasteiger partial charge in [0.1, 0.15) is 10.0 Å². The van der Waals surface area contributed by atoms with Crippen molar-refractivity contribution in [1.82, 2.24) is 4.98 Å². The van der Waals surface area contributed by atoms with Crippen LogP contribution in [0.3, 0.4) is 0 Å². The Balaban J connectivity index is 1.57. The van der Waals surface area contributed by atoms with Crippen LogP contribution in [0.1, 0.15) is 5.56 Å². The first-order chi connectivity index (χ1) is 12.2. The second-order valence-electron chi connectivity index (χ2n) is 5.47. The lowest BCUT2D eigenvalue weighted by Gasteiger charge is -2.06. The quantitative estimate of drug-likeness (QED) is 0.478. The van der Waals surface area contributed by atoms with Gasteiger partial charge in [0.15, 0.2) is 0 Å². The van der Waals surface area contributed by atoms with E-state index in [9.17, 15) is 4.79 Å². The van der Waals surface area contributed by atoms with Crippen LogP contribution in [-0.2, 0) is 11.2 Å². The fourth-order valence-corrected chi connectivity index (χ4v) is 4.62. The molecule has 0 saturated heterocycles. The number of thiazole rings is 1. The van der Waals surface area contributed by atoms with Crippen LogP contribution in [-0.4, -0.2) is 10.9 Å². The third-order valence-electron chi connectivity index (χ3n) is 3.75. The number of rotatable bonds is 4. The van der Waals surface area contributed by atoms with Crippen LogP contribution < -0.4 is 5.32 Å². The molecule has 1 amide bonds. The van der Waals surface area contributed by atoms with Crippen molar-refractivity contribution in [1.29, 1.82) is 0 Å². The summed E-state index contributed by atoms with van der Waals surface area (Å²) in [5, 5.41) is 7.30. The molecule has 0 radical (unpaired) electrons. The molecular formula is C19H13ClN2OS2. The van der Waals surface area contributed by atoms with Crippen molar-refractivity contribution < 1.29 is 4.79 Å². The number of nitrogens with one attached hydrogen (secondary N) is 1. The van der Waals surface area contributed by atoms with Crippen LogP contribution in [0.15, 0.2) is 60.0 Å². The number of nitrogens with zero attached hydrogens (tertiary/aromatic N) is 1. The highest BCUT2D eigenvalue weighted by Gasteiger charge is 2.15. The molecule has 2 aromatic carbocycles. The molecule has 4 rings (SSSR count). The molecule has 0 atom stereocenters. The minimum absolute atomic E-state index is 0.0853. The molecule has 2 heterocycles. The zero-order valence-electron chi connectivity index (χ0n) is 13.0. The maximum atomic E-state index is 12.4. The number of thiophene rings is 1. The van der Waals surface area contributed by atoms with E-state index in [1.807, 2.05) is 47.8 Å². The van der Waals surface area contributed by atoms with Gasteiger partial charge >= 0.3 is 0 Å². The summed E-state index contributed by atoms with van der Waals surface area (Å²) in [6, 6.07) is 17.4. The van der Waals surface area contributed by atoms with Gasteiger partial charge in [0, 0.05) is 10.6 Å². The largest absolute Gasteiger partial charge is 0.317 e. The molecule has 25 heavy (non-hydrogen) atoms. The third kappa shape index (κ3) is 3.44. The molecule has 0 aliphatic carbocycles. The third-order valence-corrected chi connectivity index (χ3v) is 6.02. The van der Waals surface area contributed by atoms with Gasteiger partial charge in [-0.15, -0.1) is 22.7 Å². The number of para-hydroxylation sites is 1. The van der Waals surface area contributed by atoms with Crippen molar-refractivity contribution >= 4 is 55.4 Å². The van der Waals surface area contributed by atoms with Crippen LogP contribution in [0.2, 0.25) is 5.02 Å². The SMILES string of the molecule is O=C(Cc1ccccc1Cl)Nc1sccc1-c1nc2ccccc2s1. The summed E-state index contributed by atoms with van der Waals surface area (Å²) in [7, 11) is 0. The number of hydrogen-bond acceptors (Lipinski definition) is 4. The van der Waals surface area contributed by atoms with Gasteiger partial charge in [-0.25, -0.2) is 4.98 Å². The lowest BCUT2D eigenvalue weighted by molar-refractivity contribution is -0.115. The van der Waals surface area contributed by atoms with E-state index in [-0.39, 0.29) is 12.3 Å². The first kappa shape index (κ1) is 16.3. The zero-order chi connectivity index (χ0) is 17.2. The number of amides is 1. The molecule has 4 aromatic rings. The minimum atomic E-state index is -0.0853. The van der Waals surface area contributed by atoms with Gasteiger partial charge in [-0.05, 0) is 35.2 Å². The number of halogens is 1. The number of carbonyl (C=O) groups excluding carboxylic acids is 1. The van der Waals surface area contributed by atoms with Gasteiger partial charge in [-0.2, -0.15) is 0 Å². The van der Waals surface area contributed by atoms with Crippen molar-refractivity contribution in [2.24, 2.45) is 0 Å². The number of anilines is 1. The topological polar surface area (TPSA) is 42.0 Å². The summed E-state index contributed by atoms with van der Waals surface area (Å²) < 4.78 is 1.14. The van der Waals surface area contributed by atoms with E-state index < -0.39 is 0 Å². The standard InChI is InChI=1S/C19H13ClN2OS2/c20-14-6-2-1-5-12(14)11-17(23)22-18-13(9-10-24-18)19-21-15-7-3-4-8-16(15)25-19/h1-10H,11H2,(H,22,23). The Morgan fingerprint density at radius 1 is 1.08 bits per heavy atom. The second kappa shape index (κ2) is 6.96. The van der Waals surface area contributed by atoms with Crippen LogP contribution in [0.5, 0.6) is 0 Å². The monoisotopic (exact) mass is 384 g/mol. The summed E-state index contributed by atoms with van der Waals surface area (Å²) in [4.78, 5) is 17.1. The van der Waals surface area contributed by atoms with Crippen molar-refractivity contribution in [2.45, 2.75) is 6.42 Å². The van der Waals surface area contributed by atoms with Gasteiger partial charge in [-0.3, -0.25) is 4.79 Å². The van der Waals surface area contributed by atoms with Crippen molar-refractivity contribution in [2.75, 3.05) is 5.32 Å². The Bertz CT molecular complexity index is 1020. The van der Waals surface area contributed by atoms with E-state index in [2.05, 4.69) is 16.4 Å². The maximum Gasteiger partial charge on any atom is 0.229 e. The summed E-state index contributed by atoms with van der Waals surface area (Å²) in [5.41, 5.74) is 2.75. The smallest absolute Gasteiger partial charge is 0.229 e. The highest BCUT2D eigenvalue weighted by molar-refractivity contribution is 7.22. The Labute approximate surface area is 157 Å². The Morgan fingerprint density at radius 2 is 1.88 bits per heavy atom. The molecule has 6 heteroatoms. The predicted octanol–water partition coefficient (Wildman–Crippen LogP) is 5.86. The lowest BCUT2D eigenvalue weighted by atomic mass is 10.1. The maximum absolute atomic E-state index is 12.4. The minimum Gasteiger partial charge on any atom is -0.317 e. The Kier molecular flexibility index (Phi) is 4.53. The number of aromatic nitrogens is 1. The molecule has 0 bridgehead atoms. The van der Waals surface area contributed by atoms with Crippen molar-refractivity contribution in [3.05, 3.63) is 70.6 Å². The van der Waals surface area contributed by atoms with Crippen molar-refractivity contribution in [3.63, 3.8) is 0 Å². The molecule has 0 unspecified atom stereocenters. The number of hydrogen-bond donors (Lipinski definition) is 1. The number of carbonyl (C=O) groups is 1.